The number of unbranched alkanes of at least 4 members (excludes halogenated alkanes) is 2. The standard InChI is InChI=1S/C27H49N7O3S2/c1-18(7-3-5-12-34-27(30)31)24(29)19(2)25(35)32-11-6-4-8-23(28)26(36)33-13-14-37-22-10-9-20(16-38)21(15-22)17-39/h9-10,15,18-19,23-24,38-39H,3-8,11-14,16-17,28-29H2,1-2H3,(H,32,35)(H,33,36)(H4,30,31,34). The van der Waals surface area contributed by atoms with Crippen LogP contribution in [0.4, 0.5) is 0 Å². The SMILES string of the molecule is CC(CCCCN=C(N)N)C(N)C(C)C(=O)NCCCCC(N)C(=O)NCCOc1ccc(CS)c(CS)c1. The number of ether oxygens (including phenoxy) is 1. The van der Waals surface area contributed by atoms with E-state index in [1.165, 1.54) is 0 Å². The summed E-state index contributed by atoms with van der Waals surface area (Å²) in [5.41, 5.74) is 25.2. The number of thiol groups is 2. The van der Waals surface area contributed by atoms with Crippen LogP contribution >= 0.6 is 25.3 Å². The molecule has 1 aromatic rings. The van der Waals surface area contributed by atoms with E-state index in [1.54, 1.807) is 0 Å². The van der Waals surface area contributed by atoms with Crippen LogP contribution in [0.5, 0.6) is 5.75 Å². The van der Waals surface area contributed by atoms with Gasteiger partial charge in [-0.05, 0) is 61.3 Å². The summed E-state index contributed by atoms with van der Waals surface area (Å²) < 4.78 is 5.72. The van der Waals surface area contributed by atoms with E-state index in [0.29, 0.717) is 44.2 Å². The van der Waals surface area contributed by atoms with Crippen molar-refractivity contribution in [1.29, 1.82) is 0 Å². The number of amides is 2. The highest BCUT2D eigenvalue weighted by Crippen LogP contribution is 2.21. The van der Waals surface area contributed by atoms with Crippen LogP contribution in [-0.2, 0) is 21.1 Å². The molecule has 0 aliphatic rings. The molecule has 4 atom stereocenters. The number of benzene rings is 1. The van der Waals surface area contributed by atoms with E-state index in [2.05, 4.69) is 47.8 Å². The molecule has 12 heteroatoms. The van der Waals surface area contributed by atoms with Gasteiger partial charge in [0.2, 0.25) is 11.8 Å². The molecule has 0 aliphatic carbocycles. The van der Waals surface area contributed by atoms with Crippen LogP contribution in [0.15, 0.2) is 23.2 Å². The third kappa shape index (κ3) is 14.2. The molecule has 1 aromatic carbocycles. The maximum atomic E-state index is 12.5. The summed E-state index contributed by atoms with van der Waals surface area (Å²) in [6.07, 6.45) is 4.72. The van der Waals surface area contributed by atoms with E-state index in [1.807, 2.05) is 25.1 Å². The molecule has 1 rings (SSSR count). The number of carbonyl (C=O) groups excluding carboxylic acids is 2. The molecule has 10 nitrogen and oxygen atoms in total. The second-order valence-corrected chi connectivity index (χ2v) is 10.6. The van der Waals surface area contributed by atoms with Crippen molar-refractivity contribution in [2.75, 3.05) is 26.2 Å². The third-order valence-corrected chi connectivity index (χ3v) is 7.46. The number of hydrogen-bond acceptors (Lipinski definition) is 8. The van der Waals surface area contributed by atoms with Gasteiger partial charge in [0.05, 0.1) is 18.5 Å². The number of nitrogens with two attached hydrogens (primary N) is 4. The van der Waals surface area contributed by atoms with Gasteiger partial charge in [-0.15, -0.1) is 0 Å². The molecule has 0 fully saturated rings. The van der Waals surface area contributed by atoms with Crippen LogP contribution in [0.3, 0.4) is 0 Å². The van der Waals surface area contributed by atoms with Gasteiger partial charge < -0.3 is 38.3 Å². The predicted molar refractivity (Wildman–Crippen MR) is 166 cm³/mol. The van der Waals surface area contributed by atoms with Crippen molar-refractivity contribution < 1.29 is 14.3 Å². The van der Waals surface area contributed by atoms with Crippen molar-refractivity contribution in [3.05, 3.63) is 29.3 Å². The number of nitrogens with zero attached hydrogens (tertiary/aromatic N) is 1. The normalized spacial score (nSPS) is 14.1. The van der Waals surface area contributed by atoms with Gasteiger partial charge in [0.15, 0.2) is 5.96 Å². The highest BCUT2D eigenvalue weighted by molar-refractivity contribution is 7.79. The van der Waals surface area contributed by atoms with Gasteiger partial charge >= 0.3 is 0 Å². The van der Waals surface area contributed by atoms with Gasteiger partial charge in [-0.1, -0.05) is 26.3 Å². The average molecular weight is 584 g/mol. The molecule has 0 aromatic heterocycles. The Morgan fingerprint density at radius 3 is 2.26 bits per heavy atom. The first kappa shape index (κ1) is 34.9. The number of nitrogens with one attached hydrogen (secondary N) is 2. The number of guanidine groups is 1. The smallest absolute Gasteiger partial charge is 0.237 e. The fourth-order valence-corrected chi connectivity index (χ4v) is 4.71. The van der Waals surface area contributed by atoms with Crippen molar-refractivity contribution in [2.24, 2.45) is 39.8 Å². The molecule has 0 saturated carbocycles. The summed E-state index contributed by atoms with van der Waals surface area (Å²) in [6, 6.07) is 4.97. The zero-order chi connectivity index (χ0) is 29.2. The summed E-state index contributed by atoms with van der Waals surface area (Å²) >= 11 is 8.66. The van der Waals surface area contributed by atoms with E-state index in [9.17, 15) is 9.59 Å². The van der Waals surface area contributed by atoms with Crippen LogP contribution in [0.25, 0.3) is 0 Å². The van der Waals surface area contributed by atoms with Crippen LogP contribution in [0, 0.1) is 11.8 Å². The van der Waals surface area contributed by atoms with Crippen molar-refractivity contribution in [2.45, 2.75) is 76.0 Å². The van der Waals surface area contributed by atoms with Crippen molar-refractivity contribution in [1.82, 2.24) is 10.6 Å². The lowest BCUT2D eigenvalue weighted by Gasteiger charge is -2.25. The quantitative estimate of drug-likeness (QED) is 0.0497. The molecule has 0 saturated heterocycles. The predicted octanol–water partition coefficient (Wildman–Crippen LogP) is 1.70. The highest BCUT2D eigenvalue weighted by atomic mass is 32.1. The zero-order valence-electron chi connectivity index (χ0n) is 23.4. The molecule has 0 heterocycles. The minimum atomic E-state index is -0.605. The summed E-state index contributed by atoms with van der Waals surface area (Å²) in [6.45, 7) is 5.74. The first-order valence-corrected chi connectivity index (χ1v) is 14.9. The number of carbonyl (C=O) groups is 2. The Bertz CT molecular complexity index is 900. The highest BCUT2D eigenvalue weighted by Gasteiger charge is 2.25. The van der Waals surface area contributed by atoms with E-state index < -0.39 is 6.04 Å². The van der Waals surface area contributed by atoms with E-state index in [0.717, 1.165) is 49.0 Å². The topological polar surface area (TPSA) is 184 Å². The first-order valence-electron chi connectivity index (χ1n) is 13.7. The number of rotatable bonds is 20. The minimum absolute atomic E-state index is 0.0568. The molecule has 10 N–H and O–H groups in total. The molecule has 2 amide bonds. The first-order chi connectivity index (χ1) is 18.6. The van der Waals surface area contributed by atoms with E-state index in [4.69, 9.17) is 27.7 Å². The third-order valence-electron chi connectivity index (χ3n) is 6.78. The van der Waals surface area contributed by atoms with Gasteiger partial charge in [-0.2, -0.15) is 25.3 Å². The minimum Gasteiger partial charge on any atom is -0.492 e. The van der Waals surface area contributed by atoms with Gasteiger partial charge in [0, 0.05) is 30.6 Å². The van der Waals surface area contributed by atoms with Gasteiger partial charge in [-0.3, -0.25) is 14.6 Å². The lowest BCUT2D eigenvalue weighted by Crippen LogP contribution is -2.44. The largest absolute Gasteiger partial charge is 0.492 e. The second-order valence-electron chi connectivity index (χ2n) is 9.93. The molecule has 222 valence electrons. The zero-order valence-corrected chi connectivity index (χ0v) is 25.2. The Balaban J connectivity index is 2.19. The summed E-state index contributed by atoms with van der Waals surface area (Å²) in [4.78, 5) is 28.8. The Morgan fingerprint density at radius 1 is 0.923 bits per heavy atom. The van der Waals surface area contributed by atoms with E-state index >= 15 is 0 Å². The summed E-state index contributed by atoms with van der Waals surface area (Å²) in [7, 11) is 0. The molecule has 0 spiro atoms. The molecule has 39 heavy (non-hydrogen) atoms. The molecule has 4 unspecified atom stereocenters. The van der Waals surface area contributed by atoms with Gasteiger partial charge in [0.25, 0.3) is 0 Å². The number of hydrogen-bond donors (Lipinski definition) is 8. The molecule has 0 aliphatic heterocycles. The fourth-order valence-electron chi connectivity index (χ4n) is 4.11. The fraction of sp³-hybridized carbons (Fsp3) is 0.667. The molecule has 0 bridgehead atoms. The Morgan fingerprint density at radius 2 is 1.59 bits per heavy atom. The molecule has 0 radical (unpaired) electrons. The average Bonchev–Trinajstić information content (AvgIpc) is 2.93. The monoisotopic (exact) mass is 583 g/mol. The van der Waals surface area contributed by atoms with Crippen LogP contribution in [0.2, 0.25) is 0 Å². The maximum absolute atomic E-state index is 12.5. The van der Waals surface area contributed by atoms with Crippen LogP contribution < -0.4 is 38.3 Å². The lowest BCUT2D eigenvalue weighted by molar-refractivity contribution is -0.125. The molecular weight excluding hydrogens is 534 g/mol. The van der Waals surface area contributed by atoms with Crippen molar-refractivity contribution in [3.8, 4) is 5.75 Å². The van der Waals surface area contributed by atoms with Crippen LogP contribution in [-0.4, -0.2) is 56.1 Å². The van der Waals surface area contributed by atoms with Crippen molar-refractivity contribution in [3.63, 3.8) is 0 Å². The number of aliphatic imine (C=N–C) groups is 1. The van der Waals surface area contributed by atoms with E-state index in [-0.39, 0.29) is 35.7 Å². The Hall–Kier alpha value is -2.15. The second kappa shape index (κ2) is 19.8. The van der Waals surface area contributed by atoms with Gasteiger partial charge in [0.1, 0.15) is 12.4 Å². The van der Waals surface area contributed by atoms with Crippen LogP contribution in [0.1, 0.15) is 63.5 Å². The van der Waals surface area contributed by atoms with Crippen molar-refractivity contribution >= 4 is 43.0 Å². The maximum Gasteiger partial charge on any atom is 0.237 e. The lowest BCUT2D eigenvalue weighted by atomic mass is 9.87. The van der Waals surface area contributed by atoms with Gasteiger partial charge in [-0.25, -0.2) is 0 Å². The Labute approximate surface area is 244 Å². The summed E-state index contributed by atoms with van der Waals surface area (Å²) in [5.74, 6) is 1.73. The molecular formula is C27H49N7O3S2. The summed E-state index contributed by atoms with van der Waals surface area (Å²) in [5, 5.41) is 5.76. The Kier molecular flexibility index (Phi) is 17.7.